The van der Waals surface area contributed by atoms with Gasteiger partial charge in [0.25, 0.3) is 0 Å². The molecule has 1 aliphatic heterocycles. The predicted molar refractivity (Wildman–Crippen MR) is 78.6 cm³/mol. The second-order valence-corrected chi connectivity index (χ2v) is 5.77. The monoisotopic (exact) mass is 273 g/mol. The molecule has 1 saturated heterocycles. The average molecular weight is 273 g/mol. The van der Waals surface area contributed by atoms with E-state index in [2.05, 4.69) is 46.9 Å². The summed E-state index contributed by atoms with van der Waals surface area (Å²) in [6, 6.07) is 0. The highest BCUT2D eigenvalue weighted by molar-refractivity contribution is 5.16. The number of aromatic amines is 1. The van der Waals surface area contributed by atoms with Crippen LogP contribution in [0.2, 0.25) is 0 Å². The standard InChI is InChI=1S/C15H23N5/c1-4-20-10-14(12(3)18-20)9-19-6-5-13(8-19)15-16-7-11(2)17-15/h7,10,13H,4-6,8-9H2,1-3H3,(H,16,17). The summed E-state index contributed by atoms with van der Waals surface area (Å²) in [6.45, 7) is 10.5. The van der Waals surface area contributed by atoms with Crippen molar-refractivity contribution in [3.63, 3.8) is 0 Å². The van der Waals surface area contributed by atoms with Gasteiger partial charge in [-0.1, -0.05) is 0 Å². The van der Waals surface area contributed by atoms with E-state index in [0.29, 0.717) is 5.92 Å². The van der Waals surface area contributed by atoms with Gasteiger partial charge in [-0.15, -0.1) is 0 Å². The first-order chi connectivity index (χ1) is 9.65. The molecule has 0 amide bonds. The number of likely N-dealkylation sites (tertiary alicyclic amines) is 1. The summed E-state index contributed by atoms with van der Waals surface area (Å²) in [5, 5.41) is 4.52. The average Bonchev–Trinajstić information content (AvgIpc) is 3.12. The zero-order valence-corrected chi connectivity index (χ0v) is 12.6. The van der Waals surface area contributed by atoms with Gasteiger partial charge in [0.1, 0.15) is 5.82 Å². The molecule has 1 aliphatic rings. The molecule has 1 fully saturated rings. The van der Waals surface area contributed by atoms with Crippen LogP contribution in [0.15, 0.2) is 12.4 Å². The molecular formula is C15H23N5. The molecular weight excluding hydrogens is 250 g/mol. The third kappa shape index (κ3) is 2.63. The van der Waals surface area contributed by atoms with Crippen molar-refractivity contribution >= 4 is 0 Å². The van der Waals surface area contributed by atoms with Crippen molar-refractivity contribution in [3.05, 3.63) is 35.2 Å². The number of rotatable bonds is 4. The molecule has 0 aromatic carbocycles. The van der Waals surface area contributed by atoms with Gasteiger partial charge in [0, 0.05) is 49.2 Å². The molecule has 0 saturated carbocycles. The maximum Gasteiger partial charge on any atom is 0.110 e. The Hall–Kier alpha value is -1.62. The second-order valence-electron chi connectivity index (χ2n) is 5.77. The lowest BCUT2D eigenvalue weighted by Gasteiger charge is -2.14. The lowest BCUT2D eigenvalue weighted by molar-refractivity contribution is 0.325. The molecule has 1 unspecified atom stereocenters. The zero-order chi connectivity index (χ0) is 14.1. The Kier molecular flexibility index (Phi) is 3.61. The first-order valence-corrected chi connectivity index (χ1v) is 7.42. The third-order valence-electron chi connectivity index (χ3n) is 4.15. The van der Waals surface area contributed by atoms with Gasteiger partial charge in [-0.3, -0.25) is 9.58 Å². The van der Waals surface area contributed by atoms with E-state index in [4.69, 9.17) is 0 Å². The van der Waals surface area contributed by atoms with Crippen LogP contribution in [0.25, 0.3) is 0 Å². The fraction of sp³-hybridized carbons (Fsp3) is 0.600. The Balaban J connectivity index is 1.64. The molecule has 3 rings (SSSR count). The minimum Gasteiger partial charge on any atom is -0.346 e. The fourth-order valence-electron chi connectivity index (χ4n) is 2.96. The lowest BCUT2D eigenvalue weighted by Crippen LogP contribution is -2.20. The zero-order valence-electron chi connectivity index (χ0n) is 12.6. The molecule has 1 N–H and O–H groups in total. The smallest absolute Gasteiger partial charge is 0.110 e. The summed E-state index contributed by atoms with van der Waals surface area (Å²) in [4.78, 5) is 10.4. The minimum absolute atomic E-state index is 0.547. The summed E-state index contributed by atoms with van der Waals surface area (Å²) in [5.41, 5.74) is 3.66. The van der Waals surface area contributed by atoms with E-state index in [-0.39, 0.29) is 0 Å². The summed E-state index contributed by atoms with van der Waals surface area (Å²) in [5.74, 6) is 1.69. The van der Waals surface area contributed by atoms with Crippen LogP contribution in [0, 0.1) is 13.8 Å². The Morgan fingerprint density at radius 3 is 2.90 bits per heavy atom. The van der Waals surface area contributed by atoms with Gasteiger partial charge in [-0.25, -0.2) is 4.98 Å². The van der Waals surface area contributed by atoms with E-state index < -0.39 is 0 Å². The number of hydrogen-bond donors (Lipinski definition) is 1. The molecule has 3 heterocycles. The van der Waals surface area contributed by atoms with Crippen molar-refractivity contribution in [1.29, 1.82) is 0 Å². The number of imidazole rings is 1. The predicted octanol–water partition coefficient (Wildman–Crippen LogP) is 2.23. The maximum atomic E-state index is 4.52. The number of aromatic nitrogens is 4. The molecule has 2 aromatic heterocycles. The van der Waals surface area contributed by atoms with E-state index >= 15 is 0 Å². The molecule has 20 heavy (non-hydrogen) atoms. The van der Waals surface area contributed by atoms with Crippen LogP contribution in [0.5, 0.6) is 0 Å². The fourth-order valence-corrected chi connectivity index (χ4v) is 2.96. The van der Waals surface area contributed by atoms with Crippen molar-refractivity contribution in [2.75, 3.05) is 13.1 Å². The Bertz CT molecular complexity index is 583. The molecule has 108 valence electrons. The van der Waals surface area contributed by atoms with E-state index in [1.54, 1.807) is 0 Å². The first kappa shape index (κ1) is 13.4. The molecule has 0 spiro atoms. The van der Waals surface area contributed by atoms with Crippen LogP contribution in [0.3, 0.4) is 0 Å². The molecule has 0 bridgehead atoms. The number of hydrogen-bond acceptors (Lipinski definition) is 3. The third-order valence-corrected chi connectivity index (χ3v) is 4.15. The quantitative estimate of drug-likeness (QED) is 0.929. The molecule has 0 radical (unpaired) electrons. The van der Waals surface area contributed by atoms with Crippen molar-refractivity contribution in [3.8, 4) is 0 Å². The van der Waals surface area contributed by atoms with Crippen LogP contribution >= 0.6 is 0 Å². The summed E-state index contributed by atoms with van der Waals surface area (Å²) < 4.78 is 2.02. The molecule has 5 heteroatoms. The van der Waals surface area contributed by atoms with Crippen LogP contribution in [-0.2, 0) is 13.1 Å². The van der Waals surface area contributed by atoms with Crippen molar-refractivity contribution in [1.82, 2.24) is 24.6 Å². The van der Waals surface area contributed by atoms with E-state index in [1.165, 1.54) is 12.0 Å². The van der Waals surface area contributed by atoms with Gasteiger partial charge in [-0.05, 0) is 33.7 Å². The SMILES string of the molecule is CCn1cc(CN2CCC(c3ncc(C)[nH]3)C2)c(C)n1. The lowest BCUT2D eigenvalue weighted by atomic mass is 10.1. The normalized spacial score (nSPS) is 19.9. The second kappa shape index (κ2) is 5.40. The molecule has 0 aliphatic carbocycles. The molecule has 2 aromatic rings. The molecule has 1 atom stereocenters. The largest absolute Gasteiger partial charge is 0.346 e. The summed E-state index contributed by atoms with van der Waals surface area (Å²) in [7, 11) is 0. The van der Waals surface area contributed by atoms with Gasteiger partial charge in [-0.2, -0.15) is 5.10 Å². The van der Waals surface area contributed by atoms with Crippen LogP contribution in [0.1, 0.15) is 42.0 Å². The maximum absolute atomic E-state index is 4.52. The molecule has 5 nitrogen and oxygen atoms in total. The van der Waals surface area contributed by atoms with Crippen LogP contribution < -0.4 is 0 Å². The van der Waals surface area contributed by atoms with E-state index in [0.717, 1.165) is 43.4 Å². The summed E-state index contributed by atoms with van der Waals surface area (Å²) >= 11 is 0. The highest BCUT2D eigenvalue weighted by Crippen LogP contribution is 2.26. The first-order valence-electron chi connectivity index (χ1n) is 7.42. The topological polar surface area (TPSA) is 49.7 Å². The number of aryl methyl sites for hydroxylation is 3. The van der Waals surface area contributed by atoms with Gasteiger partial charge in [0.2, 0.25) is 0 Å². The van der Waals surface area contributed by atoms with Gasteiger partial charge < -0.3 is 4.98 Å². The van der Waals surface area contributed by atoms with Gasteiger partial charge in [0.15, 0.2) is 0 Å². The van der Waals surface area contributed by atoms with E-state index in [9.17, 15) is 0 Å². The van der Waals surface area contributed by atoms with Crippen molar-refractivity contribution in [2.24, 2.45) is 0 Å². The highest BCUT2D eigenvalue weighted by Gasteiger charge is 2.26. The Morgan fingerprint density at radius 1 is 1.40 bits per heavy atom. The van der Waals surface area contributed by atoms with Crippen LogP contribution in [0.4, 0.5) is 0 Å². The van der Waals surface area contributed by atoms with Crippen molar-refractivity contribution < 1.29 is 0 Å². The number of nitrogens with zero attached hydrogens (tertiary/aromatic N) is 4. The minimum atomic E-state index is 0.547. The number of nitrogens with one attached hydrogen (secondary N) is 1. The van der Waals surface area contributed by atoms with Gasteiger partial charge in [0.05, 0.1) is 5.69 Å². The summed E-state index contributed by atoms with van der Waals surface area (Å²) in [6.07, 6.45) is 5.29. The van der Waals surface area contributed by atoms with Gasteiger partial charge >= 0.3 is 0 Å². The Labute approximate surface area is 120 Å². The van der Waals surface area contributed by atoms with Crippen LogP contribution in [-0.4, -0.2) is 37.7 Å². The Morgan fingerprint density at radius 2 is 2.25 bits per heavy atom. The number of H-pyrrole nitrogens is 1. The van der Waals surface area contributed by atoms with Crippen molar-refractivity contribution in [2.45, 2.75) is 46.2 Å². The highest BCUT2D eigenvalue weighted by atomic mass is 15.3. The van der Waals surface area contributed by atoms with E-state index in [1.807, 2.05) is 10.9 Å².